The lowest BCUT2D eigenvalue weighted by molar-refractivity contribution is -0.145. The van der Waals surface area contributed by atoms with Gasteiger partial charge in [-0.25, -0.2) is 0 Å². The number of fused-ring (bicyclic) bond motifs is 1. The highest BCUT2D eigenvalue weighted by atomic mass is 16.5. The molecule has 0 saturated carbocycles. The molecule has 1 aromatic carbocycles. The molecule has 0 aliphatic heterocycles. The van der Waals surface area contributed by atoms with Crippen molar-refractivity contribution in [1.82, 2.24) is 4.90 Å². The summed E-state index contributed by atoms with van der Waals surface area (Å²) >= 11 is 0. The van der Waals surface area contributed by atoms with E-state index in [0.29, 0.717) is 11.3 Å². The molecule has 6 heteroatoms. The van der Waals surface area contributed by atoms with E-state index in [4.69, 9.17) is 9.15 Å². The monoisotopic (exact) mass is 319 g/mol. The van der Waals surface area contributed by atoms with Crippen LogP contribution in [0.2, 0.25) is 0 Å². The molecule has 1 aromatic heterocycles. The molecule has 0 N–H and O–H groups in total. The molecule has 2 rings (SSSR count). The summed E-state index contributed by atoms with van der Waals surface area (Å²) in [4.78, 5) is 25.6. The number of para-hydroxylation sites is 1. The minimum atomic E-state index is -0.409. The van der Waals surface area contributed by atoms with Crippen molar-refractivity contribution in [3.63, 3.8) is 0 Å². The van der Waals surface area contributed by atoms with Crippen molar-refractivity contribution >= 4 is 22.8 Å². The lowest BCUT2D eigenvalue weighted by Crippen LogP contribution is -2.34. The molecular formula is C17H21NO5. The molecule has 2 aromatic rings. The number of ether oxygens (including phenoxy) is 2. The topological polar surface area (TPSA) is 69.0 Å². The van der Waals surface area contributed by atoms with E-state index in [9.17, 15) is 9.59 Å². The number of benzene rings is 1. The van der Waals surface area contributed by atoms with Crippen LogP contribution >= 0.6 is 0 Å². The molecule has 124 valence electrons. The number of aryl methyl sites for hydroxylation is 1. The van der Waals surface area contributed by atoms with E-state index in [1.165, 1.54) is 12.0 Å². The number of carbonyl (C=O) groups excluding carboxylic acids is 2. The first-order chi connectivity index (χ1) is 10.9. The van der Waals surface area contributed by atoms with Gasteiger partial charge in [-0.15, -0.1) is 0 Å². The second kappa shape index (κ2) is 6.73. The van der Waals surface area contributed by atoms with Gasteiger partial charge in [0.15, 0.2) is 17.1 Å². The molecule has 0 spiro atoms. The van der Waals surface area contributed by atoms with Gasteiger partial charge in [0.2, 0.25) is 0 Å². The maximum absolute atomic E-state index is 12.6. The van der Waals surface area contributed by atoms with E-state index in [0.717, 1.165) is 10.9 Å². The standard InChI is InChI=1S/C17H21NO5/c1-10(17(20)22-5)9-18(3)16(19)14-11(2)12-7-6-8-13(21-4)15(12)23-14/h6-8,10H,9H2,1-5H3/t10-/m0/s1. The Kier molecular flexibility index (Phi) is 4.93. The van der Waals surface area contributed by atoms with Gasteiger partial charge < -0.3 is 18.8 Å². The summed E-state index contributed by atoms with van der Waals surface area (Å²) in [7, 11) is 4.51. The molecule has 23 heavy (non-hydrogen) atoms. The minimum absolute atomic E-state index is 0.249. The van der Waals surface area contributed by atoms with E-state index >= 15 is 0 Å². The molecule has 1 atom stereocenters. The number of hydrogen-bond donors (Lipinski definition) is 0. The Morgan fingerprint density at radius 2 is 2.00 bits per heavy atom. The molecule has 1 amide bonds. The van der Waals surface area contributed by atoms with Crippen LogP contribution in [0.4, 0.5) is 0 Å². The van der Waals surface area contributed by atoms with E-state index in [1.54, 1.807) is 27.1 Å². The SMILES string of the molecule is COC(=O)[C@@H](C)CN(C)C(=O)c1oc2c(OC)cccc2c1C. The van der Waals surface area contributed by atoms with Crippen LogP contribution in [0.25, 0.3) is 11.0 Å². The fourth-order valence-electron chi connectivity index (χ4n) is 2.52. The van der Waals surface area contributed by atoms with Crippen LogP contribution in [-0.2, 0) is 9.53 Å². The van der Waals surface area contributed by atoms with Crippen LogP contribution < -0.4 is 4.74 Å². The third kappa shape index (κ3) is 3.16. The highest BCUT2D eigenvalue weighted by Crippen LogP contribution is 2.32. The quantitative estimate of drug-likeness (QED) is 0.792. The van der Waals surface area contributed by atoms with E-state index in [-0.39, 0.29) is 24.2 Å². The van der Waals surface area contributed by atoms with Gasteiger partial charge in [0.05, 0.1) is 20.1 Å². The number of hydrogen-bond acceptors (Lipinski definition) is 5. The average molecular weight is 319 g/mol. The van der Waals surface area contributed by atoms with Crippen LogP contribution in [0.5, 0.6) is 5.75 Å². The summed E-state index contributed by atoms with van der Waals surface area (Å²) in [6.07, 6.45) is 0. The van der Waals surface area contributed by atoms with E-state index in [1.807, 2.05) is 19.1 Å². The number of esters is 1. The molecule has 0 radical (unpaired) electrons. The fraction of sp³-hybridized carbons (Fsp3) is 0.412. The molecule has 0 bridgehead atoms. The smallest absolute Gasteiger partial charge is 0.310 e. The predicted molar refractivity (Wildman–Crippen MR) is 85.6 cm³/mol. The largest absolute Gasteiger partial charge is 0.493 e. The second-order valence-electron chi connectivity index (χ2n) is 5.50. The van der Waals surface area contributed by atoms with Crippen LogP contribution in [0.15, 0.2) is 22.6 Å². The van der Waals surface area contributed by atoms with Gasteiger partial charge in [-0.1, -0.05) is 19.1 Å². The number of carbonyl (C=O) groups is 2. The van der Waals surface area contributed by atoms with Crippen LogP contribution in [0.1, 0.15) is 23.0 Å². The maximum Gasteiger partial charge on any atom is 0.310 e. The van der Waals surface area contributed by atoms with E-state index < -0.39 is 5.92 Å². The summed E-state index contributed by atoms with van der Waals surface area (Å²) in [5.74, 6) is -0.211. The average Bonchev–Trinajstić information content (AvgIpc) is 2.90. The lowest BCUT2D eigenvalue weighted by Gasteiger charge is -2.19. The van der Waals surface area contributed by atoms with Gasteiger partial charge in [0, 0.05) is 24.5 Å². The molecule has 0 fully saturated rings. The number of rotatable bonds is 5. The van der Waals surface area contributed by atoms with Crippen LogP contribution in [-0.4, -0.2) is 44.6 Å². The van der Waals surface area contributed by atoms with Crippen molar-refractivity contribution in [1.29, 1.82) is 0 Å². The highest BCUT2D eigenvalue weighted by Gasteiger charge is 2.25. The first kappa shape index (κ1) is 16.9. The molecule has 1 heterocycles. The van der Waals surface area contributed by atoms with Gasteiger partial charge in [0.1, 0.15) is 0 Å². The first-order valence-electron chi connectivity index (χ1n) is 7.30. The highest BCUT2D eigenvalue weighted by molar-refractivity contribution is 6.00. The van der Waals surface area contributed by atoms with Gasteiger partial charge in [-0.3, -0.25) is 9.59 Å². The fourth-order valence-corrected chi connectivity index (χ4v) is 2.52. The summed E-state index contributed by atoms with van der Waals surface area (Å²) in [6, 6.07) is 5.51. The zero-order chi connectivity index (χ0) is 17.1. The first-order valence-corrected chi connectivity index (χ1v) is 7.30. The Labute approximate surface area is 135 Å². The zero-order valence-electron chi connectivity index (χ0n) is 14.0. The van der Waals surface area contributed by atoms with Crippen molar-refractivity contribution in [2.24, 2.45) is 5.92 Å². The van der Waals surface area contributed by atoms with Crippen molar-refractivity contribution in [2.45, 2.75) is 13.8 Å². The van der Waals surface area contributed by atoms with Gasteiger partial charge in [-0.2, -0.15) is 0 Å². The molecule has 6 nitrogen and oxygen atoms in total. The Bertz CT molecular complexity index is 734. The van der Waals surface area contributed by atoms with Crippen molar-refractivity contribution in [3.05, 3.63) is 29.5 Å². The lowest BCUT2D eigenvalue weighted by atomic mass is 10.1. The maximum atomic E-state index is 12.6. The molecule has 0 aliphatic rings. The van der Waals surface area contributed by atoms with Gasteiger partial charge in [0.25, 0.3) is 5.91 Å². The zero-order valence-corrected chi connectivity index (χ0v) is 14.0. The van der Waals surface area contributed by atoms with Gasteiger partial charge >= 0.3 is 5.97 Å². The van der Waals surface area contributed by atoms with Crippen molar-refractivity contribution in [3.8, 4) is 5.75 Å². The molecule has 0 aliphatic carbocycles. The second-order valence-corrected chi connectivity index (χ2v) is 5.50. The third-order valence-electron chi connectivity index (χ3n) is 3.84. The Hall–Kier alpha value is -2.50. The Morgan fingerprint density at radius 1 is 1.30 bits per heavy atom. The summed E-state index contributed by atoms with van der Waals surface area (Å²) in [6.45, 7) is 3.79. The van der Waals surface area contributed by atoms with Crippen LogP contribution in [0, 0.1) is 12.8 Å². The Balaban J connectivity index is 2.31. The summed E-state index contributed by atoms with van der Waals surface area (Å²) < 4.78 is 15.7. The summed E-state index contributed by atoms with van der Waals surface area (Å²) in [5, 5.41) is 0.835. The number of methoxy groups -OCH3 is 2. The number of amides is 1. The van der Waals surface area contributed by atoms with Crippen molar-refractivity contribution < 1.29 is 23.5 Å². The van der Waals surface area contributed by atoms with E-state index in [2.05, 4.69) is 4.74 Å². The molecule has 0 unspecified atom stereocenters. The predicted octanol–water partition coefficient (Wildman–Crippen LogP) is 2.63. The number of furan rings is 1. The number of nitrogens with zero attached hydrogens (tertiary/aromatic N) is 1. The summed E-state index contributed by atoms with van der Waals surface area (Å²) in [5.41, 5.74) is 1.30. The minimum Gasteiger partial charge on any atom is -0.493 e. The molecular weight excluding hydrogens is 298 g/mol. The Morgan fingerprint density at radius 3 is 2.61 bits per heavy atom. The van der Waals surface area contributed by atoms with Crippen LogP contribution in [0.3, 0.4) is 0 Å². The molecule has 0 saturated heterocycles. The van der Waals surface area contributed by atoms with Gasteiger partial charge in [-0.05, 0) is 13.0 Å². The normalized spacial score (nSPS) is 12.0. The van der Waals surface area contributed by atoms with Crippen molar-refractivity contribution in [2.75, 3.05) is 27.8 Å². The third-order valence-corrected chi connectivity index (χ3v) is 3.84.